The minimum Gasteiger partial charge on any atom is -0.460 e. The molecular weight excluding hydrogens is 288 g/mol. The highest BCUT2D eigenvalue weighted by Crippen LogP contribution is 2.19. The zero-order valence-corrected chi connectivity index (χ0v) is 13.4. The highest BCUT2D eigenvalue weighted by atomic mass is 35.5. The van der Waals surface area contributed by atoms with Gasteiger partial charge in [0.25, 0.3) is 0 Å². The van der Waals surface area contributed by atoms with Crippen molar-refractivity contribution in [2.75, 3.05) is 0 Å². The molecule has 0 fully saturated rings. The first-order valence-corrected chi connectivity index (χ1v) is 7.14. The molecule has 1 aromatic carbocycles. The van der Waals surface area contributed by atoms with E-state index in [1.807, 2.05) is 52.1 Å². The average Bonchev–Trinajstić information content (AvgIpc) is 2.78. The van der Waals surface area contributed by atoms with Crippen molar-refractivity contribution < 1.29 is 9.53 Å². The number of carbonyl (C=O) groups is 1. The van der Waals surface area contributed by atoms with Gasteiger partial charge in [-0.05, 0) is 51.5 Å². The highest BCUT2D eigenvalue weighted by Gasteiger charge is 2.17. The molecule has 5 heteroatoms. The summed E-state index contributed by atoms with van der Waals surface area (Å²) in [7, 11) is 0. The Bertz CT molecular complexity index is 657. The summed E-state index contributed by atoms with van der Waals surface area (Å²) >= 11 is 6.01. The molecule has 0 spiro atoms. The van der Waals surface area contributed by atoms with E-state index >= 15 is 0 Å². The number of carbonyl (C=O) groups excluding carboxylic acids is 1. The van der Waals surface area contributed by atoms with Crippen LogP contribution >= 0.6 is 11.6 Å². The molecule has 4 nitrogen and oxygen atoms in total. The molecule has 0 radical (unpaired) electrons. The van der Waals surface area contributed by atoms with Crippen molar-refractivity contribution in [2.45, 2.75) is 39.7 Å². The fraction of sp³-hybridized carbons (Fsp3) is 0.375. The van der Waals surface area contributed by atoms with Crippen molar-refractivity contribution in [2.24, 2.45) is 0 Å². The van der Waals surface area contributed by atoms with Crippen molar-refractivity contribution in [1.82, 2.24) is 9.78 Å². The lowest BCUT2D eigenvalue weighted by Gasteiger charge is -2.19. The van der Waals surface area contributed by atoms with Crippen LogP contribution in [0.3, 0.4) is 0 Å². The van der Waals surface area contributed by atoms with Crippen molar-refractivity contribution in [1.29, 1.82) is 0 Å². The summed E-state index contributed by atoms with van der Waals surface area (Å²) in [6.07, 6.45) is 3.71. The summed E-state index contributed by atoms with van der Waals surface area (Å²) in [5, 5.41) is 4.99. The molecule has 0 aliphatic rings. The zero-order chi connectivity index (χ0) is 15.6. The predicted octanol–water partition coefficient (Wildman–Crippen LogP) is 3.72. The monoisotopic (exact) mass is 306 g/mol. The lowest BCUT2D eigenvalue weighted by molar-refractivity contribution is -0.153. The first-order chi connectivity index (χ1) is 9.74. The third-order valence-electron chi connectivity index (χ3n) is 2.81. The molecule has 0 aliphatic carbocycles. The van der Waals surface area contributed by atoms with Gasteiger partial charge in [0, 0.05) is 16.8 Å². The topological polar surface area (TPSA) is 44.1 Å². The number of ether oxygens (including phenoxy) is 1. The summed E-state index contributed by atoms with van der Waals surface area (Å²) in [6, 6.07) is 5.67. The van der Waals surface area contributed by atoms with E-state index in [9.17, 15) is 4.79 Å². The third-order valence-corrected chi connectivity index (χ3v) is 3.23. The Balaban J connectivity index is 2.11. The number of esters is 1. The van der Waals surface area contributed by atoms with E-state index < -0.39 is 5.60 Å². The number of benzene rings is 1. The van der Waals surface area contributed by atoms with Crippen molar-refractivity contribution in [3.63, 3.8) is 0 Å². The molecule has 0 atom stereocenters. The Morgan fingerprint density at radius 2 is 2.10 bits per heavy atom. The number of hydrogen-bond acceptors (Lipinski definition) is 3. The molecule has 21 heavy (non-hydrogen) atoms. The van der Waals surface area contributed by atoms with Gasteiger partial charge in [-0.2, -0.15) is 5.10 Å². The van der Waals surface area contributed by atoms with E-state index in [0.717, 1.165) is 21.8 Å². The van der Waals surface area contributed by atoms with Gasteiger partial charge in [-0.1, -0.05) is 11.6 Å². The van der Waals surface area contributed by atoms with Gasteiger partial charge < -0.3 is 4.74 Å². The average molecular weight is 307 g/mol. The number of hydrogen-bond donors (Lipinski definition) is 0. The van der Waals surface area contributed by atoms with Gasteiger partial charge in [0.2, 0.25) is 0 Å². The smallest absolute Gasteiger partial charge is 0.310 e. The first-order valence-electron chi connectivity index (χ1n) is 6.76. The van der Waals surface area contributed by atoms with Crippen LogP contribution in [0.2, 0.25) is 5.02 Å². The zero-order valence-electron chi connectivity index (χ0n) is 12.7. The Morgan fingerprint density at radius 3 is 2.71 bits per heavy atom. The second kappa shape index (κ2) is 5.90. The van der Waals surface area contributed by atoms with Gasteiger partial charge in [0.1, 0.15) is 5.60 Å². The van der Waals surface area contributed by atoms with Crippen LogP contribution < -0.4 is 0 Å². The van der Waals surface area contributed by atoms with Gasteiger partial charge >= 0.3 is 5.97 Å². The second-order valence-corrected chi connectivity index (χ2v) is 6.40. The largest absolute Gasteiger partial charge is 0.460 e. The molecule has 0 saturated heterocycles. The van der Waals surface area contributed by atoms with Gasteiger partial charge in [-0.15, -0.1) is 0 Å². The maximum Gasteiger partial charge on any atom is 0.310 e. The Labute approximate surface area is 129 Å². The summed E-state index contributed by atoms with van der Waals surface area (Å²) in [6.45, 7) is 7.50. The van der Waals surface area contributed by atoms with Crippen LogP contribution in [0, 0.1) is 6.92 Å². The lowest BCUT2D eigenvalue weighted by Crippen LogP contribution is -2.24. The summed E-state index contributed by atoms with van der Waals surface area (Å²) < 4.78 is 7.02. The highest BCUT2D eigenvalue weighted by molar-refractivity contribution is 6.31. The molecule has 112 valence electrons. The molecule has 0 N–H and O–H groups in total. The molecular formula is C16H19ClN2O2. The molecule has 1 aromatic heterocycles. The maximum atomic E-state index is 11.8. The maximum absolute atomic E-state index is 11.8. The van der Waals surface area contributed by atoms with Gasteiger partial charge in [0.15, 0.2) is 0 Å². The van der Waals surface area contributed by atoms with E-state index in [1.165, 1.54) is 0 Å². The predicted molar refractivity (Wildman–Crippen MR) is 82.9 cm³/mol. The normalized spacial score (nSPS) is 11.5. The van der Waals surface area contributed by atoms with Crippen LogP contribution in [0.15, 0.2) is 30.6 Å². The molecule has 2 rings (SSSR count). The van der Waals surface area contributed by atoms with Gasteiger partial charge in [0.05, 0.1) is 18.3 Å². The SMILES string of the molecule is Cc1cc(-n2cc(CC(=O)OC(C)(C)C)cn2)ccc1Cl. The van der Waals surface area contributed by atoms with Crippen LogP contribution in [0.5, 0.6) is 0 Å². The van der Waals surface area contributed by atoms with E-state index in [4.69, 9.17) is 16.3 Å². The van der Waals surface area contributed by atoms with E-state index in [1.54, 1.807) is 10.9 Å². The standard InChI is InChI=1S/C16H19ClN2O2/c1-11-7-13(5-6-14(11)17)19-10-12(9-18-19)8-15(20)21-16(2,3)4/h5-7,9-10H,8H2,1-4H3. The van der Waals surface area contributed by atoms with E-state index in [2.05, 4.69) is 5.10 Å². The lowest BCUT2D eigenvalue weighted by atomic mass is 10.2. The minimum atomic E-state index is -0.472. The Kier molecular flexibility index (Phi) is 4.37. The third kappa shape index (κ3) is 4.33. The molecule has 0 saturated carbocycles. The fourth-order valence-corrected chi connectivity index (χ4v) is 2.03. The number of halogens is 1. The molecule has 0 amide bonds. The van der Waals surface area contributed by atoms with Crippen LogP contribution in [-0.4, -0.2) is 21.4 Å². The molecule has 0 unspecified atom stereocenters. The summed E-state index contributed by atoms with van der Waals surface area (Å²) in [5.74, 6) is -0.255. The Hall–Kier alpha value is -1.81. The van der Waals surface area contributed by atoms with Crippen molar-refractivity contribution in [3.05, 3.63) is 46.7 Å². The number of nitrogens with zero attached hydrogens (tertiary/aromatic N) is 2. The van der Waals surface area contributed by atoms with Crippen LogP contribution in [0.1, 0.15) is 31.9 Å². The number of aromatic nitrogens is 2. The summed E-state index contributed by atoms with van der Waals surface area (Å²) in [4.78, 5) is 11.8. The summed E-state index contributed by atoms with van der Waals surface area (Å²) in [5.41, 5.74) is 2.24. The van der Waals surface area contributed by atoms with Crippen molar-refractivity contribution in [3.8, 4) is 5.69 Å². The molecule has 0 bridgehead atoms. The first kappa shape index (κ1) is 15.6. The van der Waals surface area contributed by atoms with Crippen molar-refractivity contribution >= 4 is 17.6 Å². The Morgan fingerprint density at radius 1 is 1.38 bits per heavy atom. The number of aryl methyl sites for hydroxylation is 1. The van der Waals surface area contributed by atoms with Gasteiger partial charge in [-0.3, -0.25) is 4.79 Å². The fourth-order valence-electron chi connectivity index (χ4n) is 1.91. The van der Waals surface area contributed by atoms with Crippen LogP contribution in [-0.2, 0) is 16.0 Å². The van der Waals surface area contributed by atoms with Crippen LogP contribution in [0.4, 0.5) is 0 Å². The second-order valence-electron chi connectivity index (χ2n) is 5.99. The van der Waals surface area contributed by atoms with E-state index in [-0.39, 0.29) is 12.4 Å². The number of rotatable bonds is 3. The molecule has 0 aliphatic heterocycles. The van der Waals surface area contributed by atoms with E-state index in [0.29, 0.717) is 0 Å². The quantitative estimate of drug-likeness (QED) is 0.812. The van der Waals surface area contributed by atoms with Gasteiger partial charge in [-0.25, -0.2) is 4.68 Å². The van der Waals surface area contributed by atoms with Crippen LogP contribution in [0.25, 0.3) is 5.69 Å². The molecule has 2 aromatic rings. The molecule has 1 heterocycles. The minimum absolute atomic E-state index is 0.212.